The zero-order chi connectivity index (χ0) is 16.4. The molecule has 0 N–H and O–H groups in total. The molecular weight excluding hydrogens is 288 g/mol. The van der Waals surface area contributed by atoms with E-state index in [-0.39, 0.29) is 5.82 Å². The van der Waals surface area contributed by atoms with E-state index in [0.29, 0.717) is 0 Å². The van der Waals surface area contributed by atoms with Crippen LogP contribution in [0, 0.1) is 6.92 Å². The summed E-state index contributed by atoms with van der Waals surface area (Å²) in [4.78, 5) is 38.0. The molecule has 2 aromatic rings. The highest BCUT2D eigenvalue weighted by molar-refractivity contribution is 5.99. The second-order valence-corrected chi connectivity index (χ2v) is 3.88. The summed E-state index contributed by atoms with van der Waals surface area (Å²) < 4.78 is 8.94. The first-order valence-electron chi connectivity index (χ1n) is 6.26. The van der Waals surface area contributed by atoms with Crippen LogP contribution in [-0.2, 0) is 19.1 Å². The average molecular weight is 304 g/mol. The van der Waals surface area contributed by atoms with Crippen molar-refractivity contribution in [2.45, 2.75) is 12.8 Å². The number of aromatic nitrogens is 4. The average Bonchev–Trinajstić information content (AvgIpc) is 2.57. The van der Waals surface area contributed by atoms with E-state index in [9.17, 15) is 9.59 Å². The van der Waals surface area contributed by atoms with E-state index in [2.05, 4.69) is 29.4 Å². The molecule has 8 heteroatoms. The van der Waals surface area contributed by atoms with Crippen LogP contribution < -0.4 is 0 Å². The van der Waals surface area contributed by atoms with Gasteiger partial charge in [-0.05, 0) is 19.1 Å². The van der Waals surface area contributed by atoms with Crippen LogP contribution in [0.15, 0.2) is 36.9 Å². The zero-order valence-electron chi connectivity index (χ0n) is 12.5. The summed E-state index contributed by atoms with van der Waals surface area (Å²) in [5.74, 6) is -1.82. The van der Waals surface area contributed by atoms with E-state index in [1.54, 1.807) is 24.5 Å². The van der Waals surface area contributed by atoms with Crippen molar-refractivity contribution in [3.8, 4) is 0 Å². The molecule has 2 rings (SSSR count). The van der Waals surface area contributed by atoms with E-state index in [1.165, 1.54) is 26.6 Å². The number of carbonyl (C=O) groups excluding carboxylic acids is 2. The monoisotopic (exact) mass is 304 g/mol. The Morgan fingerprint density at radius 1 is 0.864 bits per heavy atom. The molecule has 0 aliphatic heterocycles. The first-order valence-corrected chi connectivity index (χ1v) is 6.26. The summed E-state index contributed by atoms with van der Waals surface area (Å²) in [6.45, 7) is 1.86. The van der Waals surface area contributed by atoms with Crippen molar-refractivity contribution in [3.05, 3.63) is 48.6 Å². The Morgan fingerprint density at radius 2 is 1.27 bits per heavy atom. The minimum Gasteiger partial charge on any atom is -0.468 e. The number of nitrogens with zero attached hydrogens (tertiary/aromatic N) is 4. The Hall–Kier alpha value is -2.90. The minimum atomic E-state index is -1.22. The van der Waals surface area contributed by atoms with Crippen molar-refractivity contribution in [1.29, 1.82) is 0 Å². The van der Waals surface area contributed by atoms with Gasteiger partial charge < -0.3 is 9.47 Å². The topological polar surface area (TPSA) is 104 Å². The van der Waals surface area contributed by atoms with Crippen molar-refractivity contribution in [2.75, 3.05) is 14.2 Å². The van der Waals surface area contributed by atoms with Crippen LogP contribution in [-0.4, -0.2) is 46.1 Å². The summed E-state index contributed by atoms with van der Waals surface area (Å²) in [7, 11) is 2.36. The normalized spacial score (nSPS) is 9.45. The minimum absolute atomic E-state index is 0.0659. The van der Waals surface area contributed by atoms with Gasteiger partial charge in [0, 0.05) is 24.8 Å². The largest absolute Gasteiger partial charge is 0.468 e. The SMILES string of the molecule is COC(=O)C(C(=O)OC)c1ncccn1.Cc1ncccn1. The molecule has 0 saturated carbocycles. The maximum Gasteiger partial charge on any atom is 0.327 e. The number of hydrogen-bond donors (Lipinski definition) is 0. The second-order valence-electron chi connectivity index (χ2n) is 3.88. The Labute approximate surface area is 127 Å². The zero-order valence-corrected chi connectivity index (χ0v) is 12.5. The predicted octanol–water partition coefficient (Wildman–Crippen LogP) is 0.691. The van der Waals surface area contributed by atoms with Gasteiger partial charge in [-0.15, -0.1) is 0 Å². The third kappa shape index (κ3) is 5.23. The van der Waals surface area contributed by atoms with Gasteiger partial charge >= 0.3 is 11.9 Å². The molecular formula is C14H16N4O4. The number of rotatable bonds is 3. The van der Waals surface area contributed by atoms with Crippen LogP contribution in [0.1, 0.15) is 17.6 Å². The number of hydrogen-bond acceptors (Lipinski definition) is 8. The van der Waals surface area contributed by atoms with E-state index in [1.807, 2.05) is 6.92 Å². The first kappa shape index (κ1) is 17.2. The second kappa shape index (κ2) is 9.11. The summed E-state index contributed by atoms with van der Waals surface area (Å²) >= 11 is 0. The van der Waals surface area contributed by atoms with Crippen molar-refractivity contribution < 1.29 is 19.1 Å². The van der Waals surface area contributed by atoms with Crippen molar-refractivity contribution in [2.24, 2.45) is 0 Å². The van der Waals surface area contributed by atoms with Crippen LogP contribution in [0.5, 0.6) is 0 Å². The fourth-order valence-corrected chi connectivity index (χ4v) is 1.38. The fourth-order valence-electron chi connectivity index (χ4n) is 1.38. The molecule has 2 heterocycles. The molecule has 0 aromatic carbocycles. The number of esters is 2. The lowest BCUT2D eigenvalue weighted by Crippen LogP contribution is -2.26. The molecule has 0 aliphatic rings. The molecule has 0 spiro atoms. The molecule has 116 valence electrons. The molecule has 8 nitrogen and oxygen atoms in total. The molecule has 0 unspecified atom stereocenters. The summed E-state index contributed by atoms with van der Waals surface area (Å²) in [6, 6.07) is 3.38. The number of carbonyl (C=O) groups is 2. The standard InChI is InChI=1S/C9H10N2O4.C5H6N2/c1-14-8(12)6(9(13)15-2)7-10-4-3-5-11-7;1-5-6-3-2-4-7-5/h3-6H,1-2H3;2-4H,1H3. The lowest BCUT2D eigenvalue weighted by atomic mass is 10.1. The quantitative estimate of drug-likeness (QED) is 0.602. The van der Waals surface area contributed by atoms with Gasteiger partial charge in [0.25, 0.3) is 0 Å². The first-order chi connectivity index (χ1) is 10.6. The van der Waals surface area contributed by atoms with E-state index >= 15 is 0 Å². The molecule has 0 radical (unpaired) electrons. The van der Waals surface area contributed by atoms with Crippen LogP contribution in [0.2, 0.25) is 0 Å². The van der Waals surface area contributed by atoms with Crippen LogP contribution >= 0.6 is 0 Å². The van der Waals surface area contributed by atoms with E-state index in [4.69, 9.17) is 0 Å². The van der Waals surface area contributed by atoms with Gasteiger partial charge in [0.15, 0.2) is 5.82 Å². The Bertz CT molecular complexity index is 576. The summed E-state index contributed by atoms with van der Waals surface area (Å²) in [5.41, 5.74) is 0. The molecule has 2 aromatic heterocycles. The van der Waals surface area contributed by atoms with Gasteiger partial charge in [-0.2, -0.15) is 0 Å². The highest BCUT2D eigenvalue weighted by Crippen LogP contribution is 2.13. The van der Waals surface area contributed by atoms with E-state index < -0.39 is 17.9 Å². The maximum absolute atomic E-state index is 11.3. The van der Waals surface area contributed by atoms with E-state index in [0.717, 1.165) is 5.82 Å². The van der Waals surface area contributed by atoms with Crippen molar-refractivity contribution >= 4 is 11.9 Å². The fraction of sp³-hybridized carbons (Fsp3) is 0.286. The number of aryl methyl sites for hydroxylation is 1. The van der Waals surface area contributed by atoms with Crippen molar-refractivity contribution in [3.63, 3.8) is 0 Å². The highest BCUT2D eigenvalue weighted by atomic mass is 16.5. The van der Waals surface area contributed by atoms with Gasteiger partial charge in [-0.25, -0.2) is 19.9 Å². The van der Waals surface area contributed by atoms with Gasteiger partial charge in [0.1, 0.15) is 5.82 Å². The molecule has 0 atom stereocenters. The van der Waals surface area contributed by atoms with Crippen LogP contribution in [0.3, 0.4) is 0 Å². The molecule has 0 aliphatic carbocycles. The lowest BCUT2D eigenvalue weighted by molar-refractivity contribution is -0.154. The Kier molecular flexibility index (Phi) is 7.10. The molecule has 0 saturated heterocycles. The smallest absolute Gasteiger partial charge is 0.327 e. The third-order valence-electron chi connectivity index (χ3n) is 2.41. The molecule has 0 fully saturated rings. The van der Waals surface area contributed by atoms with Crippen LogP contribution in [0.4, 0.5) is 0 Å². The Morgan fingerprint density at radius 3 is 1.59 bits per heavy atom. The van der Waals surface area contributed by atoms with Gasteiger partial charge in [0.05, 0.1) is 14.2 Å². The predicted molar refractivity (Wildman–Crippen MR) is 75.6 cm³/mol. The van der Waals surface area contributed by atoms with Crippen molar-refractivity contribution in [1.82, 2.24) is 19.9 Å². The van der Waals surface area contributed by atoms with Gasteiger partial charge in [-0.3, -0.25) is 9.59 Å². The van der Waals surface area contributed by atoms with Crippen LogP contribution in [0.25, 0.3) is 0 Å². The Balaban J connectivity index is 0.000000287. The molecule has 0 amide bonds. The number of ether oxygens (including phenoxy) is 2. The van der Waals surface area contributed by atoms with Gasteiger partial charge in [-0.1, -0.05) is 0 Å². The highest BCUT2D eigenvalue weighted by Gasteiger charge is 2.32. The molecule has 22 heavy (non-hydrogen) atoms. The van der Waals surface area contributed by atoms with Gasteiger partial charge in [0.2, 0.25) is 5.92 Å². The summed E-state index contributed by atoms with van der Waals surface area (Å²) in [6.07, 6.45) is 6.31. The molecule has 0 bridgehead atoms. The summed E-state index contributed by atoms with van der Waals surface area (Å²) in [5, 5.41) is 0. The third-order valence-corrected chi connectivity index (χ3v) is 2.41. The number of methoxy groups -OCH3 is 2. The lowest BCUT2D eigenvalue weighted by Gasteiger charge is -2.09. The maximum atomic E-state index is 11.3.